The molecular weight excluding hydrogens is 322 g/mol. The topological polar surface area (TPSA) is 101 Å². The molecule has 0 spiro atoms. The lowest BCUT2D eigenvalue weighted by molar-refractivity contribution is 0.0951. The SMILES string of the molecule is NNC(=O)c1cscc1S(=O)(=O)Nc1cccc(Cl)c1. The molecule has 0 radical (unpaired) electrons. The van der Waals surface area contributed by atoms with Crippen LogP contribution >= 0.6 is 22.9 Å². The minimum atomic E-state index is -3.89. The van der Waals surface area contributed by atoms with E-state index in [1.807, 2.05) is 5.43 Å². The number of nitrogen functional groups attached to an aromatic ring is 1. The zero-order valence-corrected chi connectivity index (χ0v) is 12.3. The van der Waals surface area contributed by atoms with E-state index >= 15 is 0 Å². The van der Waals surface area contributed by atoms with Crippen molar-refractivity contribution < 1.29 is 13.2 Å². The number of nitrogens with one attached hydrogen (secondary N) is 2. The molecule has 9 heteroatoms. The molecule has 2 rings (SSSR count). The molecule has 1 amide bonds. The Balaban J connectivity index is 2.36. The van der Waals surface area contributed by atoms with Crippen molar-refractivity contribution in [1.29, 1.82) is 0 Å². The maximum absolute atomic E-state index is 12.2. The number of hydrazine groups is 1. The van der Waals surface area contributed by atoms with Gasteiger partial charge in [-0.05, 0) is 18.2 Å². The molecule has 0 unspecified atom stereocenters. The van der Waals surface area contributed by atoms with Gasteiger partial charge >= 0.3 is 0 Å². The van der Waals surface area contributed by atoms with Crippen molar-refractivity contribution in [3.63, 3.8) is 0 Å². The van der Waals surface area contributed by atoms with Crippen molar-refractivity contribution >= 4 is 44.6 Å². The van der Waals surface area contributed by atoms with E-state index in [0.717, 1.165) is 11.3 Å². The van der Waals surface area contributed by atoms with Gasteiger partial charge in [0.15, 0.2) is 0 Å². The van der Waals surface area contributed by atoms with Crippen LogP contribution in [-0.4, -0.2) is 14.3 Å². The van der Waals surface area contributed by atoms with Crippen LogP contribution in [0.1, 0.15) is 10.4 Å². The largest absolute Gasteiger partial charge is 0.290 e. The standard InChI is InChI=1S/C11H10ClN3O3S2/c12-7-2-1-3-8(4-7)15-20(17,18)10-6-19-5-9(10)11(16)14-13/h1-6,15H,13H2,(H,14,16). The van der Waals surface area contributed by atoms with Gasteiger partial charge in [0, 0.05) is 15.8 Å². The van der Waals surface area contributed by atoms with Crippen molar-refractivity contribution in [2.75, 3.05) is 4.72 Å². The van der Waals surface area contributed by atoms with Crippen LogP contribution in [-0.2, 0) is 10.0 Å². The van der Waals surface area contributed by atoms with Crippen LogP contribution in [0.5, 0.6) is 0 Å². The van der Waals surface area contributed by atoms with Crippen LogP contribution in [0.2, 0.25) is 5.02 Å². The first kappa shape index (κ1) is 14.8. The molecule has 0 aliphatic heterocycles. The summed E-state index contributed by atoms with van der Waals surface area (Å²) in [4.78, 5) is 11.4. The highest BCUT2D eigenvalue weighted by molar-refractivity contribution is 7.93. The third kappa shape index (κ3) is 3.10. The third-order valence-corrected chi connectivity index (χ3v) is 4.92. The summed E-state index contributed by atoms with van der Waals surface area (Å²) >= 11 is 6.88. The fraction of sp³-hybridized carbons (Fsp3) is 0. The van der Waals surface area contributed by atoms with Gasteiger partial charge in [-0.15, -0.1) is 0 Å². The van der Waals surface area contributed by atoms with Crippen LogP contribution in [0.3, 0.4) is 0 Å². The minimum Gasteiger partial charge on any atom is -0.290 e. The van der Waals surface area contributed by atoms with Crippen LogP contribution in [0.4, 0.5) is 5.69 Å². The monoisotopic (exact) mass is 331 g/mol. The van der Waals surface area contributed by atoms with Crippen LogP contribution in [0.25, 0.3) is 0 Å². The Kier molecular flexibility index (Phi) is 4.29. The van der Waals surface area contributed by atoms with Crippen LogP contribution in [0, 0.1) is 0 Å². The van der Waals surface area contributed by atoms with Gasteiger partial charge in [0.05, 0.1) is 11.3 Å². The number of hydrogen-bond acceptors (Lipinski definition) is 5. The summed E-state index contributed by atoms with van der Waals surface area (Å²) in [5.74, 6) is 4.35. The van der Waals surface area contributed by atoms with E-state index in [-0.39, 0.29) is 10.5 Å². The Morgan fingerprint density at radius 3 is 2.70 bits per heavy atom. The summed E-state index contributed by atoms with van der Waals surface area (Å²) < 4.78 is 26.8. The lowest BCUT2D eigenvalue weighted by Crippen LogP contribution is -2.31. The molecule has 0 aliphatic rings. The highest BCUT2D eigenvalue weighted by atomic mass is 35.5. The Labute approximate surface area is 124 Å². The van der Waals surface area contributed by atoms with E-state index < -0.39 is 15.9 Å². The summed E-state index contributed by atoms with van der Waals surface area (Å²) in [7, 11) is -3.89. The van der Waals surface area contributed by atoms with Gasteiger partial charge in [-0.1, -0.05) is 17.7 Å². The lowest BCUT2D eigenvalue weighted by atomic mass is 10.3. The molecule has 0 fully saturated rings. The van der Waals surface area contributed by atoms with E-state index in [1.54, 1.807) is 18.2 Å². The molecule has 0 atom stereocenters. The number of nitrogens with two attached hydrogens (primary N) is 1. The average Bonchev–Trinajstić information content (AvgIpc) is 2.87. The summed E-state index contributed by atoms with van der Waals surface area (Å²) in [5, 5.41) is 3.17. The van der Waals surface area contributed by atoms with Crippen molar-refractivity contribution in [2.45, 2.75) is 4.90 Å². The number of amides is 1. The Bertz CT molecular complexity index is 743. The summed E-state index contributed by atoms with van der Waals surface area (Å²) in [5.41, 5.74) is 2.21. The number of halogens is 1. The quantitative estimate of drug-likeness (QED) is 0.451. The Morgan fingerprint density at radius 2 is 2.05 bits per heavy atom. The highest BCUT2D eigenvalue weighted by Crippen LogP contribution is 2.24. The number of carbonyl (C=O) groups excluding carboxylic acids is 1. The van der Waals surface area contributed by atoms with Crippen LogP contribution < -0.4 is 16.0 Å². The molecule has 106 valence electrons. The Morgan fingerprint density at radius 1 is 1.30 bits per heavy atom. The summed E-state index contributed by atoms with van der Waals surface area (Å²) in [6.07, 6.45) is 0. The summed E-state index contributed by atoms with van der Waals surface area (Å²) in [6, 6.07) is 6.26. The number of rotatable bonds is 4. The number of sulfonamides is 1. The van der Waals surface area contributed by atoms with Gasteiger partial charge in [-0.25, -0.2) is 14.3 Å². The number of hydrogen-bond donors (Lipinski definition) is 3. The highest BCUT2D eigenvalue weighted by Gasteiger charge is 2.23. The molecule has 0 saturated heterocycles. The average molecular weight is 332 g/mol. The molecule has 1 heterocycles. The maximum atomic E-state index is 12.2. The predicted molar refractivity (Wildman–Crippen MR) is 78.2 cm³/mol. The Hall–Kier alpha value is -1.61. The molecule has 2 aromatic rings. The van der Waals surface area contributed by atoms with Gasteiger partial charge in [-0.3, -0.25) is 14.9 Å². The van der Waals surface area contributed by atoms with Gasteiger partial charge in [-0.2, -0.15) is 11.3 Å². The van der Waals surface area contributed by atoms with E-state index in [0.29, 0.717) is 10.7 Å². The normalized spacial score (nSPS) is 11.1. The second-order valence-electron chi connectivity index (χ2n) is 3.74. The zero-order valence-electron chi connectivity index (χ0n) is 9.96. The van der Waals surface area contributed by atoms with E-state index in [9.17, 15) is 13.2 Å². The fourth-order valence-corrected chi connectivity index (χ4v) is 4.11. The molecule has 0 bridgehead atoms. The smallest absolute Gasteiger partial charge is 0.267 e. The minimum absolute atomic E-state index is 0.00738. The number of carbonyl (C=O) groups is 1. The number of benzene rings is 1. The van der Waals surface area contributed by atoms with Gasteiger partial charge in [0.25, 0.3) is 15.9 Å². The second-order valence-corrected chi connectivity index (χ2v) is 6.57. The lowest BCUT2D eigenvalue weighted by Gasteiger charge is -2.08. The molecular formula is C11H10ClN3O3S2. The fourth-order valence-electron chi connectivity index (χ4n) is 1.50. The van der Waals surface area contributed by atoms with Crippen molar-refractivity contribution in [3.05, 3.63) is 45.6 Å². The van der Waals surface area contributed by atoms with Gasteiger partial charge in [0.2, 0.25) is 0 Å². The first-order valence-corrected chi connectivity index (χ1v) is 8.10. The first-order valence-electron chi connectivity index (χ1n) is 5.29. The molecule has 1 aromatic carbocycles. The van der Waals surface area contributed by atoms with Crippen LogP contribution in [0.15, 0.2) is 39.9 Å². The van der Waals surface area contributed by atoms with Gasteiger partial charge < -0.3 is 0 Å². The van der Waals surface area contributed by atoms with E-state index in [1.165, 1.54) is 16.8 Å². The number of anilines is 1. The van der Waals surface area contributed by atoms with E-state index in [4.69, 9.17) is 17.4 Å². The third-order valence-electron chi connectivity index (χ3n) is 2.37. The molecule has 20 heavy (non-hydrogen) atoms. The van der Waals surface area contributed by atoms with Crippen molar-refractivity contribution in [3.8, 4) is 0 Å². The molecule has 4 N–H and O–H groups in total. The number of thiophene rings is 1. The summed E-state index contributed by atoms with van der Waals surface area (Å²) in [6.45, 7) is 0. The maximum Gasteiger partial charge on any atom is 0.267 e. The molecule has 6 nitrogen and oxygen atoms in total. The van der Waals surface area contributed by atoms with Crippen molar-refractivity contribution in [2.24, 2.45) is 5.84 Å². The van der Waals surface area contributed by atoms with E-state index in [2.05, 4.69) is 4.72 Å². The zero-order chi connectivity index (χ0) is 14.8. The second kappa shape index (κ2) is 5.80. The molecule has 1 aromatic heterocycles. The predicted octanol–water partition coefficient (Wildman–Crippen LogP) is 1.81. The first-order chi connectivity index (χ1) is 9.44. The molecule has 0 saturated carbocycles. The molecule has 0 aliphatic carbocycles. The van der Waals surface area contributed by atoms with Crippen molar-refractivity contribution in [1.82, 2.24) is 5.43 Å². The van der Waals surface area contributed by atoms with Gasteiger partial charge in [0.1, 0.15) is 4.90 Å².